The van der Waals surface area contributed by atoms with E-state index in [1.54, 1.807) is 0 Å². The van der Waals surface area contributed by atoms with E-state index in [0.717, 1.165) is 103 Å². The van der Waals surface area contributed by atoms with Gasteiger partial charge in [-0.05, 0) is 83.5 Å². The molecule has 0 aromatic carbocycles. The fraction of sp³-hybridized carbons (Fsp3) is 0.809. The normalized spacial score (nSPS) is 12.4. The standard InChI is InChI=1S/C68H122O6/c1-4-7-10-13-16-19-22-25-28-30-31-32-33-34-35-36-37-38-41-43-46-49-52-55-58-61-67(70)73-64-65(63-72-66(69)60-57-54-51-48-45-42-39-27-24-21-18-15-12-9-6-3)74-68(71)62-59-56-53-50-47-44-40-29-26-23-20-17-14-11-8-5-2/h9,12,18,21-22,25,27,30-31,39,65H,4-8,10-11,13-17,19-20,23-24,26,28-29,32-38,40-64H2,1-3H3/b12-9-,21-18-,25-22-,31-30-,39-27-. The number of carbonyl (C=O) groups excluding carboxylic acids is 3. The molecule has 1 atom stereocenters. The van der Waals surface area contributed by atoms with Crippen LogP contribution < -0.4 is 0 Å². The third-order valence-electron chi connectivity index (χ3n) is 14.3. The lowest BCUT2D eigenvalue weighted by molar-refractivity contribution is -0.167. The van der Waals surface area contributed by atoms with Gasteiger partial charge < -0.3 is 14.2 Å². The number of ether oxygens (including phenoxy) is 3. The maximum Gasteiger partial charge on any atom is 0.306 e. The Labute approximate surface area is 460 Å². The molecule has 0 saturated heterocycles. The quantitative estimate of drug-likeness (QED) is 0.0261. The van der Waals surface area contributed by atoms with Crippen LogP contribution in [0.15, 0.2) is 60.8 Å². The van der Waals surface area contributed by atoms with Gasteiger partial charge in [0.05, 0.1) is 0 Å². The first kappa shape index (κ1) is 71.1. The van der Waals surface area contributed by atoms with Gasteiger partial charge in [0, 0.05) is 19.3 Å². The maximum atomic E-state index is 12.9. The van der Waals surface area contributed by atoms with E-state index in [0.29, 0.717) is 19.3 Å². The predicted molar refractivity (Wildman–Crippen MR) is 321 cm³/mol. The van der Waals surface area contributed by atoms with E-state index in [4.69, 9.17) is 14.2 Å². The topological polar surface area (TPSA) is 78.9 Å². The summed E-state index contributed by atoms with van der Waals surface area (Å²) in [5, 5.41) is 0. The van der Waals surface area contributed by atoms with Gasteiger partial charge in [0.15, 0.2) is 6.10 Å². The van der Waals surface area contributed by atoms with Crippen molar-refractivity contribution in [2.75, 3.05) is 13.2 Å². The third-order valence-corrected chi connectivity index (χ3v) is 14.3. The van der Waals surface area contributed by atoms with Crippen LogP contribution in [-0.2, 0) is 28.6 Å². The lowest BCUT2D eigenvalue weighted by atomic mass is 10.0. The summed E-state index contributed by atoms with van der Waals surface area (Å²) in [5.41, 5.74) is 0. The van der Waals surface area contributed by atoms with Gasteiger partial charge in [0.25, 0.3) is 0 Å². The second-order valence-corrected chi connectivity index (χ2v) is 21.6. The molecule has 0 amide bonds. The fourth-order valence-electron chi connectivity index (χ4n) is 9.43. The summed E-state index contributed by atoms with van der Waals surface area (Å²) in [7, 11) is 0. The lowest BCUT2D eigenvalue weighted by Crippen LogP contribution is -2.30. The Hall–Kier alpha value is -2.89. The summed E-state index contributed by atoms with van der Waals surface area (Å²) in [5.74, 6) is -0.876. The highest BCUT2D eigenvalue weighted by molar-refractivity contribution is 5.71. The number of hydrogen-bond donors (Lipinski definition) is 0. The molecule has 0 spiro atoms. The zero-order chi connectivity index (χ0) is 53.6. The van der Waals surface area contributed by atoms with Crippen molar-refractivity contribution in [3.63, 3.8) is 0 Å². The highest BCUT2D eigenvalue weighted by Gasteiger charge is 2.19. The average molecular weight is 1040 g/mol. The smallest absolute Gasteiger partial charge is 0.306 e. The van der Waals surface area contributed by atoms with Gasteiger partial charge in [0.2, 0.25) is 0 Å². The minimum atomic E-state index is -0.780. The molecule has 0 rings (SSSR count). The minimum Gasteiger partial charge on any atom is -0.462 e. The largest absolute Gasteiger partial charge is 0.462 e. The van der Waals surface area contributed by atoms with Gasteiger partial charge in [-0.15, -0.1) is 0 Å². The van der Waals surface area contributed by atoms with Crippen LogP contribution in [0, 0.1) is 0 Å². The van der Waals surface area contributed by atoms with Gasteiger partial charge in [-0.2, -0.15) is 0 Å². The van der Waals surface area contributed by atoms with E-state index in [2.05, 4.69) is 81.5 Å². The molecule has 0 aromatic rings. The average Bonchev–Trinajstić information content (AvgIpc) is 3.40. The molecule has 1 unspecified atom stereocenters. The number of rotatable bonds is 59. The van der Waals surface area contributed by atoms with Crippen molar-refractivity contribution in [3.8, 4) is 0 Å². The van der Waals surface area contributed by atoms with Gasteiger partial charge in [-0.25, -0.2) is 0 Å². The first-order valence-corrected chi connectivity index (χ1v) is 32.3. The minimum absolute atomic E-state index is 0.0767. The summed E-state index contributed by atoms with van der Waals surface area (Å²) >= 11 is 0. The Bertz CT molecular complexity index is 1330. The van der Waals surface area contributed by atoms with Gasteiger partial charge >= 0.3 is 17.9 Å². The zero-order valence-electron chi connectivity index (χ0n) is 49.4. The Morgan fingerprint density at radius 3 is 0.824 bits per heavy atom. The summed E-state index contributed by atoms with van der Waals surface area (Å²) in [6.45, 7) is 6.55. The van der Waals surface area contributed by atoms with Crippen molar-refractivity contribution in [2.24, 2.45) is 0 Å². The molecular formula is C68H122O6. The van der Waals surface area contributed by atoms with Crippen molar-refractivity contribution in [3.05, 3.63) is 60.8 Å². The molecule has 0 aliphatic carbocycles. The Morgan fingerprint density at radius 1 is 0.284 bits per heavy atom. The van der Waals surface area contributed by atoms with E-state index >= 15 is 0 Å². The molecule has 0 saturated carbocycles. The van der Waals surface area contributed by atoms with E-state index in [9.17, 15) is 14.4 Å². The molecule has 0 aliphatic heterocycles. The van der Waals surface area contributed by atoms with Crippen molar-refractivity contribution in [2.45, 2.75) is 341 Å². The Kier molecular flexibility index (Phi) is 60.2. The number of allylic oxidation sites excluding steroid dienone is 10. The van der Waals surface area contributed by atoms with Gasteiger partial charge in [0.1, 0.15) is 13.2 Å². The van der Waals surface area contributed by atoms with Gasteiger partial charge in [-0.3, -0.25) is 14.4 Å². The predicted octanol–water partition coefficient (Wildman–Crippen LogP) is 21.9. The molecule has 0 aromatic heterocycles. The van der Waals surface area contributed by atoms with E-state index in [1.165, 1.54) is 193 Å². The van der Waals surface area contributed by atoms with Crippen LogP contribution in [-0.4, -0.2) is 37.2 Å². The Morgan fingerprint density at radius 2 is 0.527 bits per heavy atom. The highest BCUT2D eigenvalue weighted by atomic mass is 16.6. The van der Waals surface area contributed by atoms with Crippen molar-refractivity contribution < 1.29 is 28.6 Å². The lowest BCUT2D eigenvalue weighted by Gasteiger charge is -2.18. The molecule has 6 nitrogen and oxygen atoms in total. The van der Waals surface area contributed by atoms with Crippen LogP contribution in [0.2, 0.25) is 0 Å². The van der Waals surface area contributed by atoms with Gasteiger partial charge in [-0.1, -0.05) is 293 Å². The molecule has 430 valence electrons. The van der Waals surface area contributed by atoms with Crippen LogP contribution >= 0.6 is 0 Å². The molecule has 0 aliphatic rings. The van der Waals surface area contributed by atoms with Crippen LogP contribution in [0.1, 0.15) is 335 Å². The van der Waals surface area contributed by atoms with Crippen LogP contribution in [0.5, 0.6) is 0 Å². The second kappa shape index (κ2) is 62.6. The Balaban J connectivity index is 4.29. The van der Waals surface area contributed by atoms with E-state index in [-0.39, 0.29) is 31.1 Å². The van der Waals surface area contributed by atoms with E-state index in [1.807, 2.05) is 0 Å². The molecule has 0 fully saturated rings. The van der Waals surface area contributed by atoms with Crippen LogP contribution in [0.4, 0.5) is 0 Å². The van der Waals surface area contributed by atoms with Crippen molar-refractivity contribution in [1.82, 2.24) is 0 Å². The summed E-state index contributed by atoms with van der Waals surface area (Å²) in [4.78, 5) is 38.3. The number of unbranched alkanes of at least 4 members (excludes halogenated alkanes) is 38. The fourth-order valence-corrected chi connectivity index (χ4v) is 9.43. The first-order valence-electron chi connectivity index (χ1n) is 32.3. The zero-order valence-corrected chi connectivity index (χ0v) is 49.4. The summed E-state index contributed by atoms with van der Waals surface area (Å²) in [6, 6.07) is 0. The SMILES string of the molecule is CC/C=C\C/C=C\C/C=C\CCCCCCCC(=O)OCC(COC(=O)CCCCCCCCCCCCCCC/C=C\C/C=C\CCCCCCC)OC(=O)CCCCCCCCCCCCCCCCCC. The van der Waals surface area contributed by atoms with Crippen LogP contribution in [0.25, 0.3) is 0 Å². The molecule has 0 radical (unpaired) electrons. The van der Waals surface area contributed by atoms with Crippen LogP contribution in [0.3, 0.4) is 0 Å². The number of hydrogen-bond acceptors (Lipinski definition) is 6. The molecular weight excluding hydrogens is 913 g/mol. The molecule has 6 heteroatoms. The summed E-state index contributed by atoms with van der Waals surface area (Å²) < 4.78 is 16.9. The first-order chi connectivity index (χ1) is 36.5. The monoisotopic (exact) mass is 1030 g/mol. The van der Waals surface area contributed by atoms with E-state index < -0.39 is 6.10 Å². The van der Waals surface area contributed by atoms with Crippen molar-refractivity contribution >= 4 is 17.9 Å². The molecule has 0 bridgehead atoms. The number of esters is 3. The molecule has 0 N–H and O–H groups in total. The second-order valence-electron chi connectivity index (χ2n) is 21.6. The third kappa shape index (κ3) is 60.0. The number of carbonyl (C=O) groups is 3. The molecule has 0 heterocycles. The summed E-state index contributed by atoms with van der Waals surface area (Å²) in [6.07, 6.45) is 79.4. The molecule has 74 heavy (non-hydrogen) atoms. The highest BCUT2D eigenvalue weighted by Crippen LogP contribution is 2.17. The van der Waals surface area contributed by atoms with Crippen molar-refractivity contribution in [1.29, 1.82) is 0 Å². The maximum absolute atomic E-state index is 12.9.